The molecule has 1 aromatic heterocycles. The fraction of sp³-hybridized carbons (Fsp3) is 0.688. The van der Waals surface area contributed by atoms with Gasteiger partial charge in [-0.1, -0.05) is 0 Å². The molecule has 7 nitrogen and oxygen atoms in total. The number of nitrogens with two attached hydrogens (primary N) is 1. The zero-order valence-corrected chi connectivity index (χ0v) is 14.4. The number of likely N-dealkylation sites (tertiary alicyclic amines) is 1. The van der Waals surface area contributed by atoms with Gasteiger partial charge in [-0.25, -0.2) is 0 Å². The Bertz CT molecular complexity index is 565. The molecule has 0 bridgehead atoms. The fourth-order valence-electron chi connectivity index (χ4n) is 2.97. The third-order valence-corrected chi connectivity index (χ3v) is 4.33. The summed E-state index contributed by atoms with van der Waals surface area (Å²) in [5.41, 5.74) is 6.52. The first-order valence-corrected chi connectivity index (χ1v) is 8.28. The van der Waals surface area contributed by atoms with Crippen molar-refractivity contribution in [2.75, 3.05) is 19.6 Å². The Morgan fingerprint density at radius 2 is 2.04 bits per heavy atom. The summed E-state index contributed by atoms with van der Waals surface area (Å²) in [4.78, 5) is 28.8. The van der Waals surface area contributed by atoms with Crippen LogP contribution < -0.4 is 5.73 Å². The van der Waals surface area contributed by atoms with Gasteiger partial charge in [0.2, 0.25) is 5.91 Å². The standard InChI is InChI=1S/C16H27N5O2/c1-5-19(6-2)16(23)14-7-13(17)10-20(14)15(22)12-8-18-21(9-12)11(3)4/h8-9,11,13-14H,5-7,10,17H2,1-4H3/t13-,14+/m1/s1. The molecule has 1 saturated heterocycles. The summed E-state index contributed by atoms with van der Waals surface area (Å²) in [6.07, 6.45) is 3.81. The number of hydrogen-bond acceptors (Lipinski definition) is 4. The molecule has 1 aliphatic rings. The van der Waals surface area contributed by atoms with Gasteiger partial charge in [0.05, 0.1) is 11.8 Å². The Morgan fingerprint density at radius 3 is 2.57 bits per heavy atom. The molecule has 0 radical (unpaired) electrons. The number of amides is 2. The van der Waals surface area contributed by atoms with Gasteiger partial charge in [0.1, 0.15) is 6.04 Å². The lowest BCUT2D eigenvalue weighted by atomic mass is 10.1. The molecule has 1 aliphatic heterocycles. The second kappa shape index (κ2) is 7.12. The molecule has 2 rings (SSSR count). The summed E-state index contributed by atoms with van der Waals surface area (Å²) in [5.74, 6) is -0.192. The Hall–Kier alpha value is -1.89. The maximum Gasteiger partial charge on any atom is 0.257 e. The van der Waals surface area contributed by atoms with Gasteiger partial charge in [-0.15, -0.1) is 0 Å². The average Bonchev–Trinajstić information content (AvgIpc) is 3.14. The Balaban J connectivity index is 2.20. The lowest BCUT2D eigenvalue weighted by Crippen LogP contribution is -2.47. The van der Waals surface area contributed by atoms with E-state index in [9.17, 15) is 9.59 Å². The van der Waals surface area contributed by atoms with Crippen molar-refractivity contribution in [1.29, 1.82) is 0 Å². The van der Waals surface area contributed by atoms with Crippen LogP contribution in [-0.2, 0) is 4.79 Å². The molecular formula is C16H27N5O2. The van der Waals surface area contributed by atoms with Crippen LogP contribution in [0.3, 0.4) is 0 Å². The van der Waals surface area contributed by atoms with Gasteiger partial charge in [0.15, 0.2) is 0 Å². The van der Waals surface area contributed by atoms with Crippen molar-refractivity contribution in [2.24, 2.45) is 5.73 Å². The van der Waals surface area contributed by atoms with Gasteiger partial charge in [-0.2, -0.15) is 5.10 Å². The van der Waals surface area contributed by atoms with Crippen molar-refractivity contribution in [3.05, 3.63) is 18.0 Å². The minimum atomic E-state index is -0.472. The van der Waals surface area contributed by atoms with Crippen LogP contribution in [-0.4, -0.2) is 63.1 Å². The summed E-state index contributed by atoms with van der Waals surface area (Å²) in [6.45, 7) is 9.55. The van der Waals surface area contributed by atoms with Crippen molar-refractivity contribution in [3.8, 4) is 0 Å². The van der Waals surface area contributed by atoms with Gasteiger partial charge in [-0.3, -0.25) is 14.3 Å². The quantitative estimate of drug-likeness (QED) is 0.872. The van der Waals surface area contributed by atoms with Gasteiger partial charge < -0.3 is 15.5 Å². The predicted octanol–water partition coefficient (Wildman–Crippen LogP) is 0.874. The van der Waals surface area contributed by atoms with E-state index >= 15 is 0 Å². The first-order chi connectivity index (χ1) is 10.9. The van der Waals surface area contributed by atoms with E-state index in [0.29, 0.717) is 31.6 Å². The van der Waals surface area contributed by atoms with E-state index in [1.165, 1.54) is 0 Å². The highest BCUT2D eigenvalue weighted by molar-refractivity contribution is 5.97. The van der Waals surface area contributed by atoms with Crippen molar-refractivity contribution in [2.45, 2.75) is 52.2 Å². The van der Waals surface area contributed by atoms with Crippen molar-refractivity contribution in [1.82, 2.24) is 19.6 Å². The normalized spacial score (nSPS) is 21.0. The Morgan fingerprint density at radius 1 is 1.39 bits per heavy atom. The molecule has 128 valence electrons. The van der Waals surface area contributed by atoms with E-state index in [1.807, 2.05) is 27.7 Å². The molecule has 2 amide bonds. The van der Waals surface area contributed by atoms with Crippen molar-refractivity contribution in [3.63, 3.8) is 0 Å². The van der Waals surface area contributed by atoms with E-state index in [-0.39, 0.29) is 23.9 Å². The first kappa shape index (κ1) is 17.5. The first-order valence-electron chi connectivity index (χ1n) is 8.28. The van der Waals surface area contributed by atoms with E-state index in [0.717, 1.165) is 0 Å². The maximum absolute atomic E-state index is 12.8. The Kier molecular flexibility index (Phi) is 5.41. The molecule has 0 spiro atoms. The second-order valence-corrected chi connectivity index (χ2v) is 6.28. The van der Waals surface area contributed by atoms with Crippen LogP contribution in [0.1, 0.15) is 50.5 Å². The summed E-state index contributed by atoms with van der Waals surface area (Å²) >= 11 is 0. The molecule has 1 aromatic rings. The largest absolute Gasteiger partial charge is 0.341 e. The predicted molar refractivity (Wildman–Crippen MR) is 88.0 cm³/mol. The van der Waals surface area contributed by atoms with Gasteiger partial charge in [0, 0.05) is 37.9 Å². The van der Waals surface area contributed by atoms with Gasteiger partial charge in [-0.05, 0) is 34.1 Å². The molecule has 2 heterocycles. The molecule has 0 saturated carbocycles. The summed E-state index contributed by atoms with van der Waals surface area (Å²) in [6, 6.07) is -0.450. The molecule has 0 aromatic carbocycles. The monoisotopic (exact) mass is 321 g/mol. The van der Waals surface area contributed by atoms with Crippen molar-refractivity contribution < 1.29 is 9.59 Å². The third kappa shape index (κ3) is 3.55. The third-order valence-electron chi connectivity index (χ3n) is 4.33. The van der Waals surface area contributed by atoms with Crippen LogP contribution in [0.5, 0.6) is 0 Å². The minimum absolute atomic E-state index is 0.0208. The number of carbonyl (C=O) groups is 2. The summed E-state index contributed by atoms with van der Waals surface area (Å²) < 4.78 is 1.74. The molecule has 2 atom stereocenters. The molecule has 23 heavy (non-hydrogen) atoms. The van der Waals surface area contributed by atoms with Crippen LogP contribution >= 0.6 is 0 Å². The zero-order valence-electron chi connectivity index (χ0n) is 14.4. The molecule has 0 aliphatic carbocycles. The highest BCUT2D eigenvalue weighted by atomic mass is 16.2. The molecule has 7 heteroatoms. The number of aromatic nitrogens is 2. The lowest BCUT2D eigenvalue weighted by molar-refractivity contribution is -0.134. The topological polar surface area (TPSA) is 84.5 Å². The van der Waals surface area contributed by atoms with E-state index < -0.39 is 6.04 Å². The molecule has 1 fully saturated rings. The number of nitrogens with zero attached hydrogens (tertiary/aromatic N) is 4. The zero-order chi connectivity index (χ0) is 17.1. The SMILES string of the molecule is CCN(CC)C(=O)[C@@H]1C[C@@H](N)CN1C(=O)c1cnn(C(C)C)c1. The van der Waals surface area contributed by atoms with E-state index in [2.05, 4.69) is 5.10 Å². The maximum atomic E-state index is 12.8. The molecular weight excluding hydrogens is 294 g/mol. The van der Waals surface area contributed by atoms with Crippen LogP contribution in [0, 0.1) is 0 Å². The van der Waals surface area contributed by atoms with Crippen LogP contribution in [0.4, 0.5) is 0 Å². The van der Waals surface area contributed by atoms with Crippen LogP contribution in [0.15, 0.2) is 12.4 Å². The van der Waals surface area contributed by atoms with Crippen LogP contribution in [0.2, 0.25) is 0 Å². The van der Waals surface area contributed by atoms with Crippen molar-refractivity contribution >= 4 is 11.8 Å². The fourth-order valence-corrected chi connectivity index (χ4v) is 2.97. The number of likely N-dealkylation sites (N-methyl/N-ethyl adjacent to an activating group) is 1. The highest BCUT2D eigenvalue weighted by Crippen LogP contribution is 2.22. The molecule has 0 unspecified atom stereocenters. The lowest BCUT2D eigenvalue weighted by Gasteiger charge is -2.28. The number of rotatable bonds is 5. The average molecular weight is 321 g/mol. The summed E-state index contributed by atoms with van der Waals surface area (Å²) in [5, 5.41) is 4.21. The van der Waals surface area contributed by atoms with Crippen LogP contribution in [0.25, 0.3) is 0 Å². The minimum Gasteiger partial charge on any atom is -0.341 e. The second-order valence-electron chi connectivity index (χ2n) is 6.28. The number of hydrogen-bond donors (Lipinski definition) is 1. The summed E-state index contributed by atoms with van der Waals surface area (Å²) in [7, 11) is 0. The molecule has 2 N–H and O–H groups in total. The Labute approximate surface area is 137 Å². The highest BCUT2D eigenvalue weighted by Gasteiger charge is 2.40. The smallest absolute Gasteiger partial charge is 0.257 e. The number of carbonyl (C=O) groups excluding carboxylic acids is 2. The van der Waals surface area contributed by atoms with E-state index in [1.54, 1.807) is 26.9 Å². The van der Waals surface area contributed by atoms with Gasteiger partial charge >= 0.3 is 0 Å². The van der Waals surface area contributed by atoms with E-state index in [4.69, 9.17) is 5.73 Å². The van der Waals surface area contributed by atoms with Gasteiger partial charge in [0.25, 0.3) is 5.91 Å².